The molecule has 1 saturated carbocycles. The van der Waals surface area contributed by atoms with E-state index in [1.807, 2.05) is 0 Å². The van der Waals surface area contributed by atoms with Crippen molar-refractivity contribution in [2.45, 2.75) is 72.0 Å². The average molecular weight is 400 g/mol. The van der Waals surface area contributed by atoms with Gasteiger partial charge in [-0.3, -0.25) is 0 Å². The molecule has 2 nitrogen and oxygen atoms in total. The van der Waals surface area contributed by atoms with Crippen LogP contribution in [0, 0.1) is 26.7 Å². The van der Waals surface area contributed by atoms with Crippen molar-refractivity contribution in [3.63, 3.8) is 0 Å². The molecule has 0 saturated heterocycles. The van der Waals surface area contributed by atoms with Crippen molar-refractivity contribution in [2.24, 2.45) is 5.92 Å². The summed E-state index contributed by atoms with van der Waals surface area (Å²) >= 11 is 0. The lowest BCUT2D eigenvalue weighted by molar-refractivity contribution is 0.168. The molecule has 2 heteroatoms. The van der Waals surface area contributed by atoms with Gasteiger partial charge < -0.3 is 9.80 Å². The SMILES string of the molecule is [2H]C1(C2CCCCC2)C=CC2=C(C)N(c3ccccc3C)C(c3c(C)cccc3C)N21. The molecule has 0 bridgehead atoms. The number of aryl methyl sites for hydroxylation is 3. The molecule has 5 rings (SSSR count). The molecule has 2 unspecified atom stereocenters. The van der Waals surface area contributed by atoms with Gasteiger partial charge in [-0.25, -0.2) is 0 Å². The highest BCUT2D eigenvalue weighted by Gasteiger charge is 2.45. The first-order chi connectivity index (χ1) is 14.9. The lowest BCUT2D eigenvalue weighted by Gasteiger charge is -2.42. The van der Waals surface area contributed by atoms with Crippen molar-refractivity contribution >= 4 is 5.69 Å². The Morgan fingerprint density at radius 2 is 1.50 bits per heavy atom. The van der Waals surface area contributed by atoms with Gasteiger partial charge in [-0.05, 0) is 75.3 Å². The predicted octanol–water partition coefficient (Wildman–Crippen LogP) is 7.18. The van der Waals surface area contributed by atoms with Crippen LogP contribution in [0.25, 0.3) is 0 Å². The molecular formula is C28H34N2. The number of allylic oxidation sites excluding steroid dienone is 2. The van der Waals surface area contributed by atoms with E-state index in [-0.39, 0.29) is 6.17 Å². The van der Waals surface area contributed by atoms with Crippen molar-refractivity contribution in [3.05, 3.63) is 88.3 Å². The average Bonchev–Trinajstić information content (AvgIpc) is 3.26. The van der Waals surface area contributed by atoms with E-state index in [0.29, 0.717) is 5.92 Å². The summed E-state index contributed by atoms with van der Waals surface area (Å²) in [5.74, 6) is 0.381. The molecule has 156 valence electrons. The quantitative estimate of drug-likeness (QED) is 0.539. The van der Waals surface area contributed by atoms with Gasteiger partial charge in [-0.1, -0.05) is 61.7 Å². The second-order valence-corrected chi connectivity index (χ2v) is 9.27. The van der Waals surface area contributed by atoms with E-state index in [1.165, 1.54) is 58.6 Å². The monoisotopic (exact) mass is 399 g/mol. The van der Waals surface area contributed by atoms with Crippen LogP contribution < -0.4 is 4.90 Å². The Morgan fingerprint density at radius 1 is 0.833 bits per heavy atom. The van der Waals surface area contributed by atoms with Gasteiger partial charge in [0.1, 0.15) is 6.17 Å². The zero-order valence-corrected chi connectivity index (χ0v) is 18.8. The summed E-state index contributed by atoms with van der Waals surface area (Å²) in [4.78, 5) is 4.94. The smallest absolute Gasteiger partial charge is 0.133 e. The van der Waals surface area contributed by atoms with Crippen molar-refractivity contribution in [3.8, 4) is 0 Å². The maximum Gasteiger partial charge on any atom is 0.133 e. The van der Waals surface area contributed by atoms with Crippen molar-refractivity contribution < 1.29 is 1.37 Å². The van der Waals surface area contributed by atoms with Gasteiger partial charge in [0.2, 0.25) is 0 Å². The molecule has 2 heterocycles. The number of nitrogens with zero attached hydrogens (tertiary/aromatic N) is 2. The van der Waals surface area contributed by atoms with E-state index in [4.69, 9.17) is 0 Å². The molecule has 2 aliphatic heterocycles. The normalized spacial score (nSPS) is 27.1. The Hall–Kier alpha value is -2.48. The third-order valence-corrected chi connectivity index (χ3v) is 7.37. The van der Waals surface area contributed by atoms with Gasteiger partial charge in [0.05, 0.1) is 13.1 Å². The molecule has 2 atom stereocenters. The van der Waals surface area contributed by atoms with Crippen LogP contribution in [-0.2, 0) is 0 Å². The van der Waals surface area contributed by atoms with E-state index in [9.17, 15) is 1.37 Å². The third-order valence-electron chi connectivity index (χ3n) is 7.37. The second kappa shape index (κ2) is 7.65. The van der Waals surface area contributed by atoms with E-state index >= 15 is 0 Å². The fraction of sp³-hybridized carbons (Fsp3) is 0.429. The van der Waals surface area contributed by atoms with Crippen LogP contribution in [0.1, 0.15) is 68.8 Å². The highest BCUT2D eigenvalue weighted by atomic mass is 15.4. The summed E-state index contributed by atoms with van der Waals surface area (Å²) in [5.41, 5.74) is 8.94. The second-order valence-electron chi connectivity index (χ2n) is 9.27. The molecule has 2 aromatic carbocycles. The van der Waals surface area contributed by atoms with Crippen LogP contribution in [0.2, 0.25) is 0 Å². The molecule has 1 aliphatic carbocycles. The molecule has 0 N–H and O–H groups in total. The predicted molar refractivity (Wildman–Crippen MR) is 126 cm³/mol. The minimum atomic E-state index is -0.687. The number of para-hydroxylation sites is 1. The highest BCUT2D eigenvalue weighted by Crippen LogP contribution is 2.51. The number of benzene rings is 2. The van der Waals surface area contributed by atoms with Crippen molar-refractivity contribution in [1.29, 1.82) is 0 Å². The zero-order valence-electron chi connectivity index (χ0n) is 19.8. The molecule has 2 aromatic rings. The number of rotatable bonds is 3. The Labute approximate surface area is 183 Å². The summed E-state index contributed by atoms with van der Waals surface area (Å²) in [5, 5.41) is 0. The van der Waals surface area contributed by atoms with E-state index in [1.54, 1.807) is 0 Å². The highest BCUT2D eigenvalue weighted by molar-refractivity contribution is 5.64. The first-order valence-corrected chi connectivity index (χ1v) is 11.5. The van der Waals surface area contributed by atoms with Crippen LogP contribution in [0.4, 0.5) is 5.69 Å². The number of hydrogen-bond donors (Lipinski definition) is 0. The third kappa shape index (κ3) is 3.00. The van der Waals surface area contributed by atoms with E-state index in [2.05, 4.69) is 92.1 Å². The van der Waals surface area contributed by atoms with Crippen molar-refractivity contribution in [1.82, 2.24) is 4.90 Å². The summed E-state index contributed by atoms with van der Waals surface area (Å²) in [7, 11) is 0. The zero-order chi connectivity index (χ0) is 21.8. The first kappa shape index (κ1) is 18.3. The van der Waals surface area contributed by atoms with Crippen LogP contribution in [0.5, 0.6) is 0 Å². The van der Waals surface area contributed by atoms with Gasteiger partial charge in [0, 0.05) is 16.9 Å². The van der Waals surface area contributed by atoms with Gasteiger partial charge in [0.15, 0.2) is 0 Å². The van der Waals surface area contributed by atoms with Gasteiger partial charge in [-0.15, -0.1) is 0 Å². The van der Waals surface area contributed by atoms with Crippen LogP contribution in [0.15, 0.2) is 66.0 Å². The summed E-state index contributed by atoms with van der Waals surface area (Å²) in [6, 6.07) is 14.6. The molecule has 0 spiro atoms. The number of hydrogen-bond acceptors (Lipinski definition) is 2. The fourth-order valence-corrected chi connectivity index (χ4v) is 5.82. The topological polar surface area (TPSA) is 6.48 Å². The summed E-state index contributed by atoms with van der Waals surface area (Å²) < 4.78 is 9.80. The molecule has 0 radical (unpaired) electrons. The standard InChI is InChI=1S/C28H34N2/c1-19-11-8-9-16-24(19)29-22(4)25-17-18-26(23-14-6-5-7-15-23)30(25)28(29)27-20(2)12-10-13-21(27)3/h8-13,16-18,23,26,28H,5-7,14-15H2,1-4H3/i26D. The maximum atomic E-state index is 9.80. The van der Waals surface area contributed by atoms with Crippen LogP contribution in [0.3, 0.4) is 0 Å². The largest absolute Gasteiger partial charge is 0.339 e. The lowest BCUT2D eigenvalue weighted by atomic mass is 9.83. The summed E-state index contributed by atoms with van der Waals surface area (Å²) in [6.45, 7) is 8.88. The minimum absolute atomic E-state index is 0.00623. The van der Waals surface area contributed by atoms with Crippen LogP contribution >= 0.6 is 0 Å². The fourth-order valence-electron chi connectivity index (χ4n) is 5.82. The van der Waals surface area contributed by atoms with Gasteiger partial charge in [-0.2, -0.15) is 0 Å². The minimum Gasteiger partial charge on any atom is -0.339 e. The Bertz CT molecular complexity index is 1040. The molecular weight excluding hydrogens is 364 g/mol. The molecule has 30 heavy (non-hydrogen) atoms. The Kier molecular flexibility index (Phi) is 4.67. The van der Waals surface area contributed by atoms with Crippen LogP contribution in [-0.4, -0.2) is 10.9 Å². The number of fused-ring (bicyclic) bond motifs is 1. The first-order valence-electron chi connectivity index (χ1n) is 12.0. The molecule has 1 fully saturated rings. The molecule has 3 aliphatic rings. The van der Waals surface area contributed by atoms with E-state index < -0.39 is 6.02 Å². The van der Waals surface area contributed by atoms with E-state index in [0.717, 1.165) is 12.8 Å². The van der Waals surface area contributed by atoms with Crippen molar-refractivity contribution in [2.75, 3.05) is 4.90 Å². The Morgan fingerprint density at radius 3 is 2.20 bits per heavy atom. The summed E-state index contributed by atoms with van der Waals surface area (Å²) in [6.07, 6.45) is 10.6. The van der Waals surface area contributed by atoms with Gasteiger partial charge >= 0.3 is 0 Å². The number of anilines is 1. The maximum absolute atomic E-state index is 9.80. The lowest BCUT2D eigenvalue weighted by Crippen LogP contribution is -2.41. The van der Waals surface area contributed by atoms with Gasteiger partial charge in [0.25, 0.3) is 0 Å². The Balaban J connectivity index is 1.71. The molecule has 0 aromatic heterocycles. The molecule has 0 amide bonds.